The molecule has 0 N–H and O–H groups in total. The van der Waals surface area contributed by atoms with Crippen molar-refractivity contribution in [2.75, 3.05) is 0 Å². The van der Waals surface area contributed by atoms with Gasteiger partial charge in [-0.1, -0.05) is 0 Å². The SMILES string of the molecule is CC(C)c1cccc([Si](C2=[C]([Ti+3])C(c3ccccc3)=CC2)(c2cccc(C(C)C)c2)c2cccc(C(C)C)c2)c1.[Cl-].[Cl-].[Cl-]. The van der Waals surface area contributed by atoms with Gasteiger partial charge in [-0.15, -0.1) is 0 Å². The summed E-state index contributed by atoms with van der Waals surface area (Å²) < 4.78 is 1.46. The third-order valence-electron chi connectivity index (χ3n) is 8.58. The van der Waals surface area contributed by atoms with Crippen LogP contribution in [0.4, 0.5) is 0 Å². The molecule has 0 spiro atoms. The van der Waals surface area contributed by atoms with Crippen LogP contribution in [0.15, 0.2) is 118 Å². The van der Waals surface area contributed by atoms with Gasteiger partial charge >= 0.3 is 256 Å². The monoisotopic (exact) mass is 678 g/mol. The summed E-state index contributed by atoms with van der Waals surface area (Å²) in [5.74, 6) is 1.44. The molecule has 0 atom stereocenters. The number of benzene rings is 4. The summed E-state index contributed by atoms with van der Waals surface area (Å²) in [6, 6.07) is 39.8. The van der Waals surface area contributed by atoms with Crippen LogP contribution in [0, 0.1) is 0 Å². The minimum Gasteiger partial charge on any atom is -1.00 e. The molecule has 222 valence electrons. The molecule has 0 amide bonds. The van der Waals surface area contributed by atoms with Crippen LogP contribution in [0.3, 0.4) is 0 Å². The van der Waals surface area contributed by atoms with Crippen LogP contribution in [-0.4, -0.2) is 8.07 Å². The first-order valence-electron chi connectivity index (χ1n) is 14.8. The fraction of sp³-hybridized carbons (Fsp3) is 0.263. The third-order valence-corrected chi connectivity index (χ3v) is 14.8. The Labute approximate surface area is 291 Å². The summed E-state index contributed by atoms with van der Waals surface area (Å²) in [5.41, 5.74) is 6.97. The van der Waals surface area contributed by atoms with Crippen LogP contribution in [0.1, 0.15) is 88.0 Å². The van der Waals surface area contributed by atoms with Crippen molar-refractivity contribution in [3.63, 3.8) is 0 Å². The van der Waals surface area contributed by atoms with E-state index in [2.05, 4.69) is 171 Å². The molecule has 43 heavy (non-hydrogen) atoms. The molecule has 0 bridgehead atoms. The van der Waals surface area contributed by atoms with Gasteiger partial charge in [0.05, 0.1) is 0 Å². The van der Waals surface area contributed by atoms with Crippen LogP contribution in [0.2, 0.25) is 0 Å². The molecule has 5 heteroatoms. The molecule has 5 rings (SSSR count). The summed E-state index contributed by atoms with van der Waals surface area (Å²) in [7, 11) is -2.63. The van der Waals surface area contributed by atoms with Gasteiger partial charge in [0.15, 0.2) is 0 Å². The van der Waals surface area contributed by atoms with Crippen molar-refractivity contribution in [1.82, 2.24) is 0 Å². The molecule has 1 aliphatic rings. The molecule has 4 aromatic carbocycles. The van der Waals surface area contributed by atoms with Gasteiger partial charge in [-0.3, -0.25) is 0 Å². The first-order valence-corrected chi connectivity index (χ1v) is 17.5. The summed E-state index contributed by atoms with van der Waals surface area (Å²) >= 11 is 2.38. The van der Waals surface area contributed by atoms with Crippen molar-refractivity contribution in [3.8, 4) is 0 Å². The minimum absolute atomic E-state index is 0. The van der Waals surface area contributed by atoms with Crippen molar-refractivity contribution in [1.29, 1.82) is 0 Å². The largest absolute Gasteiger partial charge is 1.00 e. The molecule has 0 aromatic heterocycles. The smallest absolute Gasteiger partial charge is 1.00 e. The molecule has 1 aliphatic carbocycles. The number of rotatable bonds is 8. The van der Waals surface area contributed by atoms with Crippen molar-refractivity contribution in [2.24, 2.45) is 0 Å². The van der Waals surface area contributed by atoms with Gasteiger partial charge in [0.1, 0.15) is 0 Å². The number of hydrogen-bond acceptors (Lipinski definition) is 0. The molecule has 0 heterocycles. The van der Waals surface area contributed by atoms with E-state index in [1.807, 2.05) is 0 Å². The minimum atomic E-state index is -2.63. The topological polar surface area (TPSA) is 0 Å². The van der Waals surface area contributed by atoms with E-state index < -0.39 is 8.07 Å². The van der Waals surface area contributed by atoms with E-state index >= 15 is 0 Å². The molecule has 0 saturated heterocycles. The van der Waals surface area contributed by atoms with E-state index in [1.54, 1.807) is 5.20 Å². The summed E-state index contributed by atoms with van der Waals surface area (Å²) in [4.78, 5) is 0. The molecule has 0 nitrogen and oxygen atoms in total. The van der Waals surface area contributed by atoms with E-state index in [9.17, 15) is 0 Å². The van der Waals surface area contributed by atoms with Crippen molar-refractivity contribution in [3.05, 3.63) is 141 Å². The van der Waals surface area contributed by atoms with E-state index in [4.69, 9.17) is 0 Å². The Kier molecular flexibility index (Phi) is 13.8. The third kappa shape index (κ3) is 7.36. The fourth-order valence-electron chi connectivity index (χ4n) is 6.21. The van der Waals surface area contributed by atoms with E-state index in [1.165, 1.54) is 47.3 Å². The molecule has 0 radical (unpaired) electrons. The van der Waals surface area contributed by atoms with Crippen LogP contribution in [-0.2, 0) is 20.4 Å². The van der Waals surface area contributed by atoms with Gasteiger partial charge in [-0.25, -0.2) is 0 Å². The second-order valence-corrected chi connectivity index (χ2v) is 16.7. The second-order valence-electron chi connectivity index (χ2n) is 12.1. The van der Waals surface area contributed by atoms with E-state index in [0.717, 1.165) is 6.42 Å². The number of allylic oxidation sites excluding steroid dienone is 4. The summed E-state index contributed by atoms with van der Waals surface area (Å²) in [5, 5.41) is 6.11. The maximum atomic E-state index is 2.54. The Bertz CT molecular complexity index is 1450. The average Bonchev–Trinajstić information content (AvgIpc) is 3.35. The second kappa shape index (κ2) is 15.9. The van der Waals surface area contributed by atoms with Gasteiger partial charge in [-0.05, 0) is 0 Å². The molecule has 0 unspecified atom stereocenters. The molecule has 0 saturated carbocycles. The van der Waals surface area contributed by atoms with E-state index in [-0.39, 0.29) is 37.2 Å². The molecule has 4 aromatic rings. The molecular formula is C38H41Cl3SiTi. The van der Waals surface area contributed by atoms with Gasteiger partial charge in [0.25, 0.3) is 0 Å². The zero-order valence-electron chi connectivity index (χ0n) is 26.0. The standard InChI is InChI=1S/C38H41Si.3ClH.Ti/c1-27(2)31-15-10-18-35(23-31)39(36-19-11-16-32(24-36)28(3)4,37-20-12-17-33(25-37)29(5)6)38-22-21-34(26-38)30-13-8-7-9-14-30;;;;/h7-21,23-25,27-29H,22H2,1-6H3;3*1H;/q;;;;+3/p-3. The Morgan fingerprint density at radius 1 is 0.535 bits per heavy atom. The van der Waals surface area contributed by atoms with Crippen LogP contribution < -0.4 is 52.8 Å². The van der Waals surface area contributed by atoms with Crippen molar-refractivity contribution < 1.29 is 57.7 Å². The molecule has 0 aliphatic heterocycles. The van der Waals surface area contributed by atoms with Crippen LogP contribution in [0.5, 0.6) is 0 Å². The van der Waals surface area contributed by atoms with Gasteiger partial charge in [0, 0.05) is 0 Å². The predicted octanol–water partition coefficient (Wildman–Crippen LogP) is -0.634. The summed E-state index contributed by atoms with van der Waals surface area (Å²) in [6.45, 7) is 13.9. The normalized spacial score (nSPS) is 13.0. The fourth-order valence-corrected chi connectivity index (χ4v) is 12.8. The van der Waals surface area contributed by atoms with Gasteiger partial charge in [-0.2, -0.15) is 0 Å². The Hall–Kier alpha value is -1.84. The average molecular weight is 680 g/mol. The van der Waals surface area contributed by atoms with Crippen LogP contribution >= 0.6 is 0 Å². The Morgan fingerprint density at radius 2 is 0.930 bits per heavy atom. The number of hydrogen-bond donors (Lipinski definition) is 0. The van der Waals surface area contributed by atoms with Gasteiger partial charge in [0.2, 0.25) is 0 Å². The summed E-state index contributed by atoms with van der Waals surface area (Å²) in [6.07, 6.45) is 3.48. The van der Waals surface area contributed by atoms with Crippen molar-refractivity contribution >= 4 is 29.2 Å². The Morgan fingerprint density at radius 3 is 1.30 bits per heavy atom. The van der Waals surface area contributed by atoms with Crippen molar-refractivity contribution in [2.45, 2.75) is 65.7 Å². The molecule has 0 fully saturated rings. The molecular weight excluding hydrogens is 639 g/mol. The van der Waals surface area contributed by atoms with Crippen LogP contribution in [0.25, 0.3) is 5.57 Å². The maximum absolute atomic E-state index is 2.63. The first-order chi connectivity index (χ1) is 19.2. The number of halogens is 3. The predicted molar refractivity (Wildman–Crippen MR) is 172 cm³/mol. The first kappa shape index (κ1) is 37.3. The Balaban J connectivity index is 0.00000215. The maximum Gasteiger partial charge on any atom is -1.00 e. The zero-order chi connectivity index (χ0) is 28.4. The van der Waals surface area contributed by atoms with E-state index in [0.29, 0.717) is 17.8 Å². The quantitative estimate of drug-likeness (QED) is 0.172. The zero-order valence-corrected chi connectivity index (χ0v) is 30.8. The van der Waals surface area contributed by atoms with Gasteiger partial charge < -0.3 is 37.2 Å².